The van der Waals surface area contributed by atoms with Crippen LogP contribution in [0.3, 0.4) is 0 Å². The number of anilines is 1. The second kappa shape index (κ2) is 6.44. The third-order valence-electron chi connectivity index (χ3n) is 5.79. The third kappa shape index (κ3) is 2.80. The molecule has 1 aromatic carbocycles. The van der Waals surface area contributed by atoms with E-state index in [1.54, 1.807) is 30.1 Å². The first-order chi connectivity index (χ1) is 12.6. The Labute approximate surface area is 158 Å². The minimum atomic E-state index is -0.836. The van der Waals surface area contributed by atoms with Gasteiger partial charge in [-0.1, -0.05) is 38.6 Å². The van der Waals surface area contributed by atoms with Crippen molar-refractivity contribution >= 4 is 29.1 Å². The molecule has 27 heavy (non-hydrogen) atoms. The van der Waals surface area contributed by atoms with Gasteiger partial charge in [0.05, 0.1) is 5.92 Å². The lowest BCUT2D eigenvalue weighted by Gasteiger charge is -2.37. The Bertz CT molecular complexity index is 869. The number of carbonyl (C=O) groups is 4. The SMILES string of the molecule is C=CC(C[C@H]1C(=O)C(=O)c2cccc3c2[C@H](C(=O)N3C)C1(C)C)OC(C)=O. The van der Waals surface area contributed by atoms with Gasteiger partial charge < -0.3 is 9.64 Å². The predicted octanol–water partition coefficient (Wildman–Crippen LogP) is 2.66. The van der Waals surface area contributed by atoms with Crippen molar-refractivity contribution in [3.63, 3.8) is 0 Å². The molecule has 0 saturated heterocycles. The summed E-state index contributed by atoms with van der Waals surface area (Å²) in [5.74, 6) is -3.19. The lowest BCUT2D eigenvalue weighted by Crippen LogP contribution is -2.42. The van der Waals surface area contributed by atoms with Crippen LogP contribution in [-0.4, -0.2) is 36.6 Å². The van der Waals surface area contributed by atoms with E-state index in [-0.39, 0.29) is 12.3 Å². The van der Waals surface area contributed by atoms with E-state index in [1.807, 2.05) is 13.8 Å². The molecule has 0 saturated carbocycles. The van der Waals surface area contributed by atoms with Gasteiger partial charge in [-0.05, 0) is 17.9 Å². The van der Waals surface area contributed by atoms with E-state index >= 15 is 0 Å². The number of rotatable bonds is 4. The van der Waals surface area contributed by atoms with E-state index in [4.69, 9.17) is 4.74 Å². The molecule has 0 aromatic heterocycles. The number of ether oxygens (including phenoxy) is 1. The van der Waals surface area contributed by atoms with Gasteiger partial charge in [-0.2, -0.15) is 0 Å². The molecular weight excluding hydrogens is 346 g/mol. The molecule has 0 radical (unpaired) electrons. The molecule has 1 aliphatic heterocycles. The number of likely N-dealkylation sites (N-methyl/N-ethyl adjacent to an activating group) is 1. The van der Waals surface area contributed by atoms with Crippen LogP contribution in [0.25, 0.3) is 0 Å². The van der Waals surface area contributed by atoms with Crippen LogP contribution < -0.4 is 4.90 Å². The molecule has 6 nitrogen and oxygen atoms in total. The molecule has 0 N–H and O–H groups in total. The summed E-state index contributed by atoms with van der Waals surface area (Å²) >= 11 is 0. The second-order valence-electron chi connectivity index (χ2n) is 7.76. The van der Waals surface area contributed by atoms with E-state index in [2.05, 4.69) is 6.58 Å². The van der Waals surface area contributed by atoms with Gasteiger partial charge in [0, 0.05) is 36.7 Å². The highest BCUT2D eigenvalue weighted by Gasteiger charge is 2.55. The van der Waals surface area contributed by atoms with Crippen molar-refractivity contribution < 1.29 is 23.9 Å². The minimum absolute atomic E-state index is 0.109. The molecule has 0 spiro atoms. The Morgan fingerprint density at radius 2 is 2.00 bits per heavy atom. The average Bonchev–Trinajstić information content (AvgIpc) is 2.85. The van der Waals surface area contributed by atoms with E-state index in [1.165, 1.54) is 13.0 Å². The molecular formula is C21H23NO5. The quantitative estimate of drug-likeness (QED) is 0.463. The van der Waals surface area contributed by atoms with E-state index < -0.39 is 40.9 Å². The fourth-order valence-electron chi connectivity index (χ4n) is 4.35. The zero-order valence-electron chi connectivity index (χ0n) is 15.9. The first-order valence-electron chi connectivity index (χ1n) is 8.90. The van der Waals surface area contributed by atoms with Gasteiger partial charge in [-0.3, -0.25) is 19.2 Å². The summed E-state index contributed by atoms with van der Waals surface area (Å²) in [6.07, 6.45) is 0.845. The van der Waals surface area contributed by atoms with Crippen LogP contribution in [0.2, 0.25) is 0 Å². The zero-order chi connectivity index (χ0) is 20.1. The summed E-state index contributed by atoms with van der Waals surface area (Å²) in [6.45, 7) is 8.59. The third-order valence-corrected chi connectivity index (χ3v) is 5.79. The molecule has 1 unspecified atom stereocenters. The first kappa shape index (κ1) is 19.0. The maximum absolute atomic E-state index is 13.1. The number of hydrogen-bond acceptors (Lipinski definition) is 5. The Morgan fingerprint density at radius 1 is 1.33 bits per heavy atom. The monoisotopic (exact) mass is 369 g/mol. The van der Waals surface area contributed by atoms with Gasteiger partial charge in [-0.15, -0.1) is 0 Å². The number of benzene rings is 1. The van der Waals surface area contributed by atoms with Crippen LogP contribution in [0.15, 0.2) is 30.9 Å². The van der Waals surface area contributed by atoms with Crippen LogP contribution in [0.5, 0.6) is 0 Å². The average molecular weight is 369 g/mol. The molecule has 1 heterocycles. The summed E-state index contributed by atoms with van der Waals surface area (Å²) in [6, 6.07) is 5.08. The standard InChI is InChI=1S/C21H23NO5/c1-6-12(27-11(2)23)10-14-19(25)18(24)13-8-7-9-15-16(13)17(21(14,3)4)20(26)22(15)5/h6-9,12,14,17H,1,10H2,2-5H3/t12?,14-,17+/m0/s1. The second-order valence-corrected chi connectivity index (χ2v) is 7.76. The Hall–Kier alpha value is -2.76. The van der Waals surface area contributed by atoms with Gasteiger partial charge in [0.25, 0.3) is 0 Å². The number of nitrogens with zero attached hydrogens (tertiary/aromatic N) is 1. The fourth-order valence-corrected chi connectivity index (χ4v) is 4.35. The van der Waals surface area contributed by atoms with E-state index in [0.29, 0.717) is 16.8 Å². The summed E-state index contributed by atoms with van der Waals surface area (Å²) in [7, 11) is 1.68. The highest BCUT2D eigenvalue weighted by atomic mass is 16.5. The van der Waals surface area contributed by atoms with E-state index in [9.17, 15) is 19.2 Å². The van der Waals surface area contributed by atoms with Crippen molar-refractivity contribution in [2.45, 2.75) is 39.2 Å². The molecule has 3 atom stereocenters. The highest BCUT2D eigenvalue weighted by molar-refractivity contribution is 6.45. The first-order valence-corrected chi connectivity index (χ1v) is 8.90. The van der Waals surface area contributed by atoms with Crippen LogP contribution in [-0.2, 0) is 19.1 Å². The molecule has 142 valence electrons. The highest BCUT2D eigenvalue weighted by Crippen LogP contribution is 2.54. The molecule has 1 amide bonds. The maximum Gasteiger partial charge on any atom is 0.303 e. The maximum atomic E-state index is 13.1. The zero-order valence-corrected chi connectivity index (χ0v) is 15.9. The van der Waals surface area contributed by atoms with Gasteiger partial charge in [0.1, 0.15) is 6.10 Å². The largest absolute Gasteiger partial charge is 0.458 e. The molecule has 0 fully saturated rings. The Morgan fingerprint density at radius 3 is 2.59 bits per heavy atom. The van der Waals surface area contributed by atoms with Crippen molar-refractivity contribution in [2.75, 3.05) is 11.9 Å². The number of amides is 1. The molecule has 6 heteroatoms. The van der Waals surface area contributed by atoms with Gasteiger partial charge in [0.15, 0.2) is 0 Å². The summed E-state index contributed by atoms with van der Waals surface area (Å²) < 4.78 is 5.21. The Kier molecular flexibility index (Phi) is 4.54. The number of carbonyl (C=O) groups excluding carboxylic acids is 4. The summed E-state index contributed by atoms with van der Waals surface area (Å²) in [4.78, 5) is 52.0. The van der Waals surface area contributed by atoms with Gasteiger partial charge >= 0.3 is 5.97 Å². The smallest absolute Gasteiger partial charge is 0.303 e. The van der Waals surface area contributed by atoms with Crippen molar-refractivity contribution in [1.82, 2.24) is 0 Å². The Balaban J connectivity index is 2.14. The fraction of sp³-hybridized carbons (Fsp3) is 0.429. The topological polar surface area (TPSA) is 80.8 Å². The van der Waals surface area contributed by atoms with Crippen LogP contribution >= 0.6 is 0 Å². The van der Waals surface area contributed by atoms with Crippen LogP contribution in [0.1, 0.15) is 49.0 Å². The van der Waals surface area contributed by atoms with Gasteiger partial charge in [-0.25, -0.2) is 0 Å². The molecule has 1 aliphatic carbocycles. The van der Waals surface area contributed by atoms with Crippen molar-refractivity contribution in [2.24, 2.45) is 11.3 Å². The molecule has 3 rings (SSSR count). The number of esters is 1. The number of ketones is 2. The van der Waals surface area contributed by atoms with Crippen molar-refractivity contribution in [1.29, 1.82) is 0 Å². The lowest BCUT2D eigenvalue weighted by molar-refractivity contribution is -0.146. The van der Waals surface area contributed by atoms with Crippen molar-refractivity contribution in [3.8, 4) is 0 Å². The minimum Gasteiger partial charge on any atom is -0.458 e. The van der Waals surface area contributed by atoms with Gasteiger partial charge in [0.2, 0.25) is 17.5 Å². The molecule has 2 aliphatic rings. The summed E-state index contributed by atoms with van der Waals surface area (Å²) in [5, 5.41) is 0. The predicted molar refractivity (Wildman–Crippen MR) is 99.6 cm³/mol. The van der Waals surface area contributed by atoms with Crippen LogP contribution in [0.4, 0.5) is 5.69 Å². The van der Waals surface area contributed by atoms with Crippen LogP contribution in [0, 0.1) is 11.3 Å². The molecule has 0 bridgehead atoms. The lowest BCUT2D eigenvalue weighted by atomic mass is 9.65. The normalized spacial score (nSPS) is 24.3. The number of hydrogen-bond donors (Lipinski definition) is 0. The summed E-state index contributed by atoms with van der Waals surface area (Å²) in [5.41, 5.74) is 0.742. The molecule has 1 aromatic rings. The van der Waals surface area contributed by atoms with E-state index in [0.717, 1.165) is 0 Å². The number of Topliss-reactive ketones (excluding diaryl/α,β-unsaturated/α-hetero) is 2. The van der Waals surface area contributed by atoms with Crippen molar-refractivity contribution in [3.05, 3.63) is 42.0 Å².